The van der Waals surface area contributed by atoms with E-state index < -0.39 is 0 Å². The van der Waals surface area contributed by atoms with E-state index >= 15 is 0 Å². The minimum absolute atomic E-state index is 0.160. The predicted molar refractivity (Wildman–Crippen MR) is 49.4 cm³/mol. The molecule has 1 heterocycles. The highest BCUT2D eigenvalue weighted by atomic mass is 79.9. The van der Waals surface area contributed by atoms with E-state index in [0.29, 0.717) is 5.82 Å². The largest absolute Gasteiger partial charge is 0.281 e. The average molecular weight is 230 g/mol. The second-order valence-electron chi connectivity index (χ2n) is 2.14. The summed E-state index contributed by atoms with van der Waals surface area (Å²) in [4.78, 5) is 14.5. The molecule has 5 heteroatoms. The molecule has 0 aromatic carbocycles. The fourth-order valence-electron chi connectivity index (χ4n) is 0.625. The van der Waals surface area contributed by atoms with Gasteiger partial charge in [0.15, 0.2) is 5.82 Å². The third kappa shape index (κ3) is 2.50. The minimum atomic E-state index is -0.160. The van der Waals surface area contributed by atoms with Crippen LogP contribution in [-0.4, -0.2) is 10.9 Å². The summed E-state index contributed by atoms with van der Waals surface area (Å²) in [6, 6.07) is 3.63. The molecule has 0 spiro atoms. The van der Waals surface area contributed by atoms with Gasteiger partial charge in [-0.3, -0.25) is 15.6 Å². The monoisotopic (exact) mass is 229 g/mol. The zero-order valence-corrected chi connectivity index (χ0v) is 8.05. The van der Waals surface area contributed by atoms with Crippen LogP contribution in [0.2, 0.25) is 0 Å². The van der Waals surface area contributed by atoms with Crippen molar-refractivity contribution >= 4 is 27.7 Å². The predicted octanol–water partition coefficient (Wildman–Crippen LogP) is 1.31. The Bertz CT molecular complexity index is 290. The first-order valence-electron chi connectivity index (χ1n) is 3.33. The van der Waals surface area contributed by atoms with Gasteiger partial charge in [-0.25, -0.2) is 4.98 Å². The number of rotatable bonds is 2. The lowest BCUT2D eigenvalue weighted by Crippen LogP contribution is -2.27. The van der Waals surface area contributed by atoms with Crippen molar-refractivity contribution in [3.63, 3.8) is 0 Å². The second-order valence-corrected chi connectivity index (χ2v) is 2.99. The van der Waals surface area contributed by atoms with Crippen LogP contribution in [0.15, 0.2) is 22.8 Å². The molecule has 1 amide bonds. The Morgan fingerprint density at radius 3 is 3.00 bits per heavy atom. The van der Waals surface area contributed by atoms with Crippen molar-refractivity contribution in [3.8, 4) is 0 Å². The van der Waals surface area contributed by atoms with E-state index in [1.54, 1.807) is 12.3 Å². The Balaban J connectivity index is 2.63. The summed E-state index contributed by atoms with van der Waals surface area (Å²) in [5.74, 6) is 0.431. The molecule has 0 unspecified atom stereocenters. The summed E-state index contributed by atoms with van der Waals surface area (Å²) in [5, 5.41) is 0. The zero-order chi connectivity index (χ0) is 8.97. The number of anilines is 1. The maximum atomic E-state index is 10.5. The van der Waals surface area contributed by atoms with Gasteiger partial charge in [-0.05, 0) is 28.1 Å². The van der Waals surface area contributed by atoms with Crippen molar-refractivity contribution in [2.24, 2.45) is 0 Å². The van der Waals surface area contributed by atoms with Gasteiger partial charge in [0.1, 0.15) is 0 Å². The van der Waals surface area contributed by atoms with Crippen LogP contribution in [0.1, 0.15) is 6.92 Å². The standard InChI is InChI=1S/C7H8BrN3O/c1-5(12)10-11-7-6(8)3-2-4-9-7/h2-4H,1H3,(H,9,11)(H,10,12). The molecule has 1 aromatic heterocycles. The molecule has 0 saturated carbocycles. The van der Waals surface area contributed by atoms with E-state index in [1.165, 1.54) is 6.92 Å². The molecule has 0 bridgehead atoms. The van der Waals surface area contributed by atoms with Crippen LogP contribution in [0.3, 0.4) is 0 Å². The SMILES string of the molecule is CC(=O)NNc1ncccc1Br. The van der Waals surface area contributed by atoms with Crippen LogP contribution in [0, 0.1) is 0 Å². The lowest BCUT2D eigenvalue weighted by molar-refractivity contribution is -0.118. The Hall–Kier alpha value is -1.10. The number of hydrogen-bond acceptors (Lipinski definition) is 3. The zero-order valence-electron chi connectivity index (χ0n) is 6.47. The lowest BCUT2D eigenvalue weighted by Gasteiger charge is -2.05. The molecular formula is C7H8BrN3O. The molecule has 0 saturated heterocycles. The number of hydrazine groups is 1. The lowest BCUT2D eigenvalue weighted by atomic mass is 10.5. The van der Waals surface area contributed by atoms with E-state index in [9.17, 15) is 4.79 Å². The fourth-order valence-corrected chi connectivity index (χ4v) is 0.979. The fraction of sp³-hybridized carbons (Fsp3) is 0.143. The number of carbonyl (C=O) groups is 1. The van der Waals surface area contributed by atoms with Crippen LogP contribution in [0.25, 0.3) is 0 Å². The van der Waals surface area contributed by atoms with Gasteiger partial charge in [0.05, 0.1) is 4.47 Å². The van der Waals surface area contributed by atoms with Gasteiger partial charge in [0.2, 0.25) is 5.91 Å². The quantitative estimate of drug-likeness (QED) is 0.753. The molecule has 0 radical (unpaired) electrons. The molecule has 64 valence electrons. The molecule has 2 N–H and O–H groups in total. The second kappa shape index (κ2) is 4.06. The maximum Gasteiger partial charge on any atom is 0.235 e. The average Bonchev–Trinajstić information content (AvgIpc) is 2.03. The number of nitrogens with one attached hydrogen (secondary N) is 2. The highest BCUT2D eigenvalue weighted by Gasteiger charge is 1.97. The van der Waals surface area contributed by atoms with E-state index in [1.807, 2.05) is 6.07 Å². The molecule has 1 rings (SSSR count). The first kappa shape index (κ1) is 8.99. The molecule has 0 aliphatic heterocycles. The molecule has 0 atom stereocenters. The van der Waals surface area contributed by atoms with Gasteiger partial charge in [-0.15, -0.1) is 0 Å². The smallest absolute Gasteiger partial charge is 0.235 e. The topological polar surface area (TPSA) is 54.0 Å². The van der Waals surface area contributed by atoms with E-state index in [-0.39, 0.29) is 5.91 Å². The van der Waals surface area contributed by atoms with Gasteiger partial charge in [-0.2, -0.15) is 0 Å². The van der Waals surface area contributed by atoms with Crippen LogP contribution in [0.4, 0.5) is 5.82 Å². The van der Waals surface area contributed by atoms with E-state index in [4.69, 9.17) is 0 Å². The van der Waals surface area contributed by atoms with Crippen LogP contribution in [-0.2, 0) is 4.79 Å². The van der Waals surface area contributed by atoms with Gasteiger partial charge < -0.3 is 0 Å². The number of pyridine rings is 1. The van der Waals surface area contributed by atoms with Gasteiger partial charge in [0, 0.05) is 13.1 Å². The van der Waals surface area contributed by atoms with Crippen molar-refractivity contribution in [1.82, 2.24) is 10.4 Å². The van der Waals surface area contributed by atoms with E-state index in [2.05, 4.69) is 31.8 Å². The number of carbonyl (C=O) groups excluding carboxylic acids is 1. The third-order valence-electron chi connectivity index (χ3n) is 1.12. The van der Waals surface area contributed by atoms with Crippen LogP contribution >= 0.6 is 15.9 Å². The molecule has 0 aliphatic rings. The van der Waals surface area contributed by atoms with Crippen molar-refractivity contribution < 1.29 is 4.79 Å². The number of aromatic nitrogens is 1. The summed E-state index contributed by atoms with van der Waals surface area (Å²) in [6.07, 6.45) is 1.63. The van der Waals surface area contributed by atoms with Gasteiger partial charge in [-0.1, -0.05) is 0 Å². The molecular weight excluding hydrogens is 222 g/mol. The molecule has 12 heavy (non-hydrogen) atoms. The summed E-state index contributed by atoms with van der Waals surface area (Å²) in [6.45, 7) is 1.42. The number of amides is 1. The van der Waals surface area contributed by atoms with Crippen molar-refractivity contribution in [1.29, 1.82) is 0 Å². The summed E-state index contributed by atoms with van der Waals surface area (Å²) < 4.78 is 0.804. The Labute approximate surface area is 78.5 Å². The number of halogens is 1. The Morgan fingerprint density at radius 2 is 2.42 bits per heavy atom. The van der Waals surface area contributed by atoms with Gasteiger partial charge >= 0.3 is 0 Å². The first-order valence-corrected chi connectivity index (χ1v) is 4.12. The number of nitrogens with zero attached hydrogens (tertiary/aromatic N) is 1. The summed E-state index contributed by atoms with van der Waals surface area (Å²) in [7, 11) is 0. The molecule has 1 aromatic rings. The van der Waals surface area contributed by atoms with E-state index in [0.717, 1.165) is 4.47 Å². The van der Waals surface area contributed by atoms with Crippen LogP contribution in [0.5, 0.6) is 0 Å². The van der Waals surface area contributed by atoms with Crippen molar-refractivity contribution in [2.45, 2.75) is 6.92 Å². The normalized spacial score (nSPS) is 9.17. The molecule has 4 nitrogen and oxygen atoms in total. The molecule has 0 fully saturated rings. The summed E-state index contributed by atoms with van der Waals surface area (Å²) in [5.41, 5.74) is 5.08. The third-order valence-corrected chi connectivity index (χ3v) is 1.76. The van der Waals surface area contributed by atoms with Crippen LogP contribution < -0.4 is 10.9 Å². The van der Waals surface area contributed by atoms with Crippen molar-refractivity contribution in [2.75, 3.05) is 5.43 Å². The first-order chi connectivity index (χ1) is 5.70. The minimum Gasteiger partial charge on any atom is -0.281 e. The Morgan fingerprint density at radius 1 is 1.67 bits per heavy atom. The molecule has 0 aliphatic carbocycles. The number of hydrogen-bond donors (Lipinski definition) is 2. The maximum absolute atomic E-state index is 10.5. The highest BCUT2D eigenvalue weighted by Crippen LogP contribution is 2.16. The Kier molecular flexibility index (Phi) is 3.04. The van der Waals surface area contributed by atoms with Crippen molar-refractivity contribution in [3.05, 3.63) is 22.8 Å². The summed E-state index contributed by atoms with van der Waals surface area (Å²) >= 11 is 3.27. The highest BCUT2D eigenvalue weighted by molar-refractivity contribution is 9.10. The van der Waals surface area contributed by atoms with Gasteiger partial charge in [0.25, 0.3) is 0 Å².